The minimum Gasteiger partial charge on any atom is -0.322 e. The average Bonchev–Trinajstić information content (AvgIpc) is 3.13. The van der Waals surface area contributed by atoms with Crippen LogP contribution < -0.4 is 5.32 Å². The van der Waals surface area contributed by atoms with Crippen LogP contribution in [-0.4, -0.2) is 41.5 Å². The zero-order chi connectivity index (χ0) is 24.3. The summed E-state index contributed by atoms with van der Waals surface area (Å²) in [5, 5.41) is 7.44. The molecule has 7 nitrogen and oxygen atoms in total. The van der Waals surface area contributed by atoms with Crippen molar-refractivity contribution in [2.75, 3.05) is 18.4 Å². The van der Waals surface area contributed by atoms with Crippen LogP contribution in [0.4, 0.5) is 5.69 Å². The van der Waals surface area contributed by atoms with Gasteiger partial charge in [0, 0.05) is 24.3 Å². The highest BCUT2D eigenvalue weighted by atomic mass is 32.2. The summed E-state index contributed by atoms with van der Waals surface area (Å²) in [6.45, 7) is 7.22. The number of benzene rings is 2. The highest BCUT2D eigenvalue weighted by Crippen LogP contribution is 2.26. The standard InChI is InChI=1S/C26H32N4O3S/c1-4-21-10-14-24(15-11-21)27-26(31)23-12-8-22(9-13-23)18-30-20(3)25(19(2)28-30)34(32,33)29-16-6-5-7-17-29/h8-15H,4-7,16-18H2,1-3H3,(H,27,31). The Labute approximate surface area is 201 Å². The van der Waals surface area contributed by atoms with Crippen LogP contribution in [0.25, 0.3) is 0 Å². The van der Waals surface area contributed by atoms with Gasteiger partial charge in [0.1, 0.15) is 4.90 Å². The molecule has 0 aliphatic carbocycles. The molecule has 1 aliphatic rings. The van der Waals surface area contributed by atoms with E-state index in [9.17, 15) is 13.2 Å². The minimum atomic E-state index is -3.55. The molecule has 0 bridgehead atoms. The summed E-state index contributed by atoms with van der Waals surface area (Å²) in [6.07, 6.45) is 3.82. The van der Waals surface area contributed by atoms with Gasteiger partial charge in [0.05, 0.1) is 17.9 Å². The third-order valence-electron chi connectivity index (χ3n) is 6.40. The maximum Gasteiger partial charge on any atom is 0.255 e. The van der Waals surface area contributed by atoms with Gasteiger partial charge in [-0.3, -0.25) is 9.48 Å². The lowest BCUT2D eigenvalue weighted by Crippen LogP contribution is -2.36. The second kappa shape index (κ2) is 10.1. The summed E-state index contributed by atoms with van der Waals surface area (Å²) >= 11 is 0. The number of carbonyl (C=O) groups excluding carboxylic acids is 1. The molecule has 1 saturated heterocycles. The van der Waals surface area contributed by atoms with E-state index < -0.39 is 10.0 Å². The first kappa shape index (κ1) is 24.2. The molecule has 0 unspecified atom stereocenters. The summed E-state index contributed by atoms with van der Waals surface area (Å²) < 4.78 is 29.8. The molecule has 8 heteroatoms. The number of aromatic nitrogens is 2. The minimum absolute atomic E-state index is 0.170. The molecule has 4 rings (SSSR count). The Bertz CT molecular complexity index is 1260. The molecule has 3 aromatic rings. The molecular weight excluding hydrogens is 448 g/mol. The van der Waals surface area contributed by atoms with Crippen molar-refractivity contribution in [1.82, 2.24) is 14.1 Å². The van der Waals surface area contributed by atoms with Gasteiger partial charge in [-0.25, -0.2) is 8.42 Å². The van der Waals surface area contributed by atoms with E-state index in [0.717, 1.165) is 36.9 Å². The fourth-order valence-corrected chi connectivity index (χ4v) is 6.29. The Hall–Kier alpha value is -2.97. The first-order valence-corrected chi connectivity index (χ1v) is 13.3. The van der Waals surface area contributed by atoms with Gasteiger partial charge in [-0.15, -0.1) is 0 Å². The van der Waals surface area contributed by atoms with E-state index in [-0.39, 0.29) is 5.91 Å². The molecule has 0 spiro atoms. The summed E-state index contributed by atoms with van der Waals surface area (Å²) in [7, 11) is -3.55. The van der Waals surface area contributed by atoms with Gasteiger partial charge in [-0.1, -0.05) is 37.6 Å². The Balaban J connectivity index is 1.47. The average molecular weight is 481 g/mol. The fraction of sp³-hybridized carbons (Fsp3) is 0.385. The quantitative estimate of drug-likeness (QED) is 0.538. The van der Waals surface area contributed by atoms with Gasteiger partial charge in [0.2, 0.25) is 10.0 Å². The Kier molecular flexibility index (Phi) is 7.19. The number of piperidine rings is 1. The zero-order valence-electron chi connectivity index (χ0n) is 20.0. The van der Waals surface area contributed by atoms with Crippen LogP contribution >= 0.6 is 0 Å². The molecule has 1 amide bonds. The van der Waals surface area contributed by atoms with Crippen LogP contribution in [0.15, 0.2) is 53.4 Å². The van der Waals surface area contributed by atoms with E-state index in [1.165, 1.54) is 5.56 Å². The highest BCUT2D eigenvalue weighted by Gasteiger charge is 2.31. The van der Waals surface area contributed by atoms with E-state index in [0.29, 0.717) is 41.5 Å². The predicted molar refractivity (Wildman–Crippen MR) is 134 cm³/mol. The lowest BCUT2D eigenvalue weighted by Gasteiger charge is -2.26. The van der Waals surface area contributed by atoms with Crippen LogP contribution in [-0.2, 0) is 23.0 Å². The van der Waals surface area contributed by atoms with Crippen molar-refractivity contribution in [3.63, 3.8) is 0 Å². The molecule has 1 aromatic heterocycles. The van der Waals surface area contributed by atoms with E-state index in [1.54, 1.807) is 28.0 Å². The lowest BCUT2D eigenvalue weighted by atomic mass is 10.1. The van der Waals surface area contributed by atoms with E-state index in [1.807, 2.05) is 43.3 Å². The Morgan fingerprint density at radius 3 is 2.18 bits per heavy atom. The van der Waals surface area contributed by atoms with Gasteiger partial charge in [0.15, 0.2) is 0 Å². The third-order valence-corrected chi connectivity index (χ3v) is 8.55. The highest BCUT2D eigenvalue weighted by molar-refractivity contribution is 7.89. The van der Waals surface area contributed by atoms with E-state index in [4.69, 9.17) is 0 Å². The zero-order valence-corrected chi connectivity index (χ0v) is 20.9. The van der Waals surface area contributed by atoms with Crippen molar-refractivity contribution >= 4 is 21.6 Å². The maximum atomic E-state index is 13.2. The topological polar surface area (TPSA) is 84.3 Å². The number of hydrogen-bond donors (Lipinski definition) is 1. The van der Waals surface area contributed by atoms with Crippen molar-refractivity contribution < 1.29 is 13.2 Å². The molecule has 0 saturated carbocycles. The number of amides is 1. The van der Waals surface area contributed by atoms with Crippen LogP contribution in [0.5, 0.6) is 0 Å². The van der Waals surface area contributed by atoms with Gasteiger partial charge >= 0.3 is 0 Å². The number of rotatable bonds is 7. The SMILES string of the molecule is CCc1ccc(NC(=O)c2ccc(Cn3nc(C)c(S(=O)(=O)N4CCCCC4)c3C)cc2)cc1. The summed E-state index contributed by atoms with van der Waals surface area (Å²) in [6, 6.07) is 15.1. The Morgan fingerprint density at radius 2 is 1.56 bits per heavy atom. The molecule has 34 heavy (non-hydrogen) atoms. The fourth-order valence-electron chi connectivity index (χ4n) is 4.40. The lowest BCUT2D eigenvalue weighted by molar-refractivity contribution is 0.102. The number of sulfonamides is 1. The summed E-state index contributed by atoms with van der Waals surface area (Å²) in [5.74, 6) is -0.170. The van der Waals surface area contributed by atoms with Crippen LogP contribution in [0.1, 0.15) is 59.1 Å². The molecule has 2 heterocycles. The number of nitrogens with one attached hydrogen (secondary N) is 1. The molecule has 1 N–H and O–H groups in total. The van der Waals surface area contributed by atoms with Gasteiger partial charge in [-0.05, 0) is 68.5 Å². The van der Waals surface area contributed by atoms with Gasteiger partial charge < -0.3 is 5.32 Å². The second-order valence-electron chi connectivity index (χ2n) is 8.82. The summed E-state index contributed by atoms with van der Waals surface area (Å²) in [5.41, 5.74) is 4.64. The van der Waals surface area contributed by atoms with Crippen LogP contribution in [0.2, 0.25) is 0 Å². The predicted octanol–water partition coefficient (Wildman–Crippen LogP) is 4.54. The van der Waals surface area contributed by atoms with Crippen molar-refractivity contribution in [3.05, 3.63) is 76.6 Å². The van der Waals surface area contributed by atoms with Gasteiger partial charge in [0.25, 0.3) is 5.91 Å². The third kappa shape index (κ3) is 5.08. The molecule has 2 aromatic carbocycles. The molecule has 0 radical (unpaired) electrons. The molecule has 180 valence electrons. The van der Waals surface area contributed by atoms with Crippen molar-refractivity contribution in [2.24, 2.45) is 0 Å². The Morgan fingerprint density at radius 1 is 0.941 bits per heavy atom. The number of aryl methyl sites for hydroxylation is 2. The largest absolute Gasteiger partial charge is 0.322 e. The molecule has 1 aliphatic heterocycles. The van der Waals surface area contributed by atoms with Crippen molar-refractivity contribution in [1.29, 1.82) is 0 Å². The van der Waals surface area contributed by atoms with Gasteiger partial charge in [-0.2, -0.15) is 9.40 Å². The van der Waals surface area contributed by atoms with Crippen molar-refractivity contribution in [2.45, 2.75) is 57.9 Å². The first-order valence-electron chi connectivity index (χ1n) is 11.8. The normalized spacial score (nSPS) is 14.8. The molecule has 1 fully saturated rings. The molecular formula is C26H32N4O3S. The van der Waals surface area contributed by atoms with Crippen LogP contribution in [0, 0.1) is 13.8 Å². The maximum absolute atomic E-state index is 13.2. The number of anilines is 1. The number of carbonyl (C=O) groups is 1. The second-order valence-corrected chi connectivity index (χ2v) is 10.7. The first-order chi connectivity index (χ1) is 16.3. The van der Waals surface area contributed by atoms with E-state index >= 15 is 0 Å². The summed E-state index contributed by atoms with van der Waals surface area (Å²) in [4.78, 5) is 12.9. The van der Waals surface area contributed by atoms with Crippen molar-refractivity contribution in [3.8, 4) is 0 Å². The van der Waals surface area contributed by atoms with Crippen LogP contribution in [0.3, 0.4) is 0 Å². The smallest absolute Gasteiger partial charge is 0.255 e. The number of nitrogens with zero attached hydrogens (tertiary/aromatic N) is 3. The monoisotopic (exact) mass is 480 g/mol. The van der Waals surface area contributed by atoms with E-state index in [2.05, 4.69) is 17.3 Å². The number of hydrogen-bond acceptors (Lipinski definition) is 4. The molecule has 0 atom stereocenters.